The summed E-state index contributed by atoms with van der Waals surface area (Å²) in [5, 5.41) is 0. The lowest BCUT2D eigenvalue weighted by molar-refractivity contribution is -0.0337. The average molecular weight is 270 g/mol. The van der Waals surface area contributed by atoms with Gasteiger partial charge < -0.3 is 4.74 Å². The highest BCUT2D eigenvalue weighted by Gasteiger charge is 2.30. The first-order valence-electron chi connectivity index (χ1n) is 7.20. The molecule has 1 aliphatic rings. The van der Waals surface area contributed by atoms with E-state index in [1.54, 1.807) is 0 Å². The van der Waals surface area contributed by atoms with Crippen molar-refractivity contribution in [1.29, 1.82) is 0 Å². The summed E-state index contributed by atoms with van der Waals surface area (Å²) in [4.78, 5) is 0. The Hall–Kier alpha value is -1.67. The molecule has 0 aromatic heterocycles. The fourth-order valence-corrected chi connectivity index (χ4v) is 2.95. The Morgan fingerprint density at radius 3 is 1.85 bits per heavy atom. The van der Waals surface area contributed by atoms with Crippen molar-refractivity contribution in [3.8, 4) is 0 Å². The zero-order chi connectivity index (χ0) is 13.8. The van der Waals surface area contributed by atoms with Crippen molar-refractivity contribution in [1.82, 2.24) is 0 Å². The highest BCUT2D eigenvalue weighted by Crippen LogP contribution is 2.34. The molecule has 1 heterocycles. The third-order valence-electron chi connectivity index (χ3n) is 3.94. The quantitative estimate of drug-likeness (QED) is 0.806. The Kier molecular flexibility index (Phi) is 4.12. The second-order valence-corrected chi connectivity index (χ2v) is 5.35. The summed E-state index contributed by atoms with van der Waals surface area (Å²) in [6, 6.07) is 20.7. The Labute approximate surface area is 119 Å². The van der Waals surface area contributed by atoms with Crippen LogP contribution >= 0.6 is 0 Å². The van der Waals surface area contributed by atoms with Crippen LogP contribution in [-0.2, 0) is 4.74 Å². The van der Waals surface area contributed by atoms with E-state index in [2.05, 4.69) is 24.3 Å². The second kappa shape index (κ2) is 6.19. The van der Waals surface area contributed by atoms with Crippen molar-refractivity contribution in [2.75, 3.05) is 6.61 Å². The lowest BCUT2D eigenvalue weighted by atomic mass is 9.83. The second-order valence-electron chi connectivity index (χ2n) is 5.35. The summed E-state index contributed by atoms with van der Waals surface area (Å²) in [6.07, 6.45) is 0.626. The molecule has 0 bridgehead atoms. The molecule has 1 nitrogen and oxygen atoms in total. The van der Waals surface area contributed by atoms with E-state index in [1.165, 1.54) is 11.1 Å². The van der Waals surface area contributed by atoms with Crippen LogP contribution in [0.25, 0.3) is 0 Å². The van der Waals surface area contributed by atoms with Crippen LogP contribution in [0.15, 0.2) is 60.7 Å². The standard InChI is InChI=1S/C18H19FO/c19-16-11-12-17(20-13-16)18(14-7-3-1-4-8-14)15-9-5-2-6-10-15/h1-10,16-18H,11-13H2. The maximum absolute atomic E-state index is 13.3. The maximum Gasteiger partial charge on any atom is 0.123 e. The summed E-state index contributed by atoms with van der Waals surface area (Å²) in [5.41, 5.74) is 2.47. The summed E-state index contributed by atoms with van der Waals surface area (Å²) >= 11 is 0. The summed E-state index contributed by atoms with van der Waals surface area (Å²) < 4.78 is 19.1. The molecule has 0 saturated carbocycles. The number of rotatable bonds is 3. The number of hydrogen-bond acceptors (Lipinski definition) is 1. The van der Waals surface area contributed by atoms with E-state index < -0.39 is 6.17 Å². The molecule has 0 aliphatic carbocycles. The molecule has 0 amide bonds. The topological polar surface area (TPSA) is 9.23 Å². The molecule has 1 aliphatic heterocycles. The highest BCUT2D eigenvalue weighted by molar-refractivity contribution is 5.33. The lowest BCUT2D eigenvalue weighted by Crippen LogP contribution is -2.32. The van der Waals surface area contributed by atoms with E-state index in [1.807, 2.05) is 36.4 Å². The molecule has 0 N–H and O–H groups in total. The smallest absolute Gasteiger partial charge is 0.123 e. The first-order valence-corrected chi connectivity index (χ1v) is 7.20. The summed E-state index contributed by atoms with van der Waals surface area (Å²) in [6.45, 7) is 0.223. The summed E-state index contributed by atoms with van der Waals surface area (Å²) in [5.74, 6) is 0.185. The van der Waals surface area contributed by atoms with Crippen LogP contribution in [0, 0.1) is 0 Å². The van der Waals surface area contributed by atoms with Gasteiger partial charge in [0.15, 0.2) is 0 Å². The van der Waals surface area contributed by atoms with Gasteiger partial charge in [-0.1, -0.05) is 60.7 Å². The van der Waals surface area contributed by atoms with Crippen LogP contribution in [0.4, 0.5) is 4.39 Å². The molecule has 1 saturated heterocycles. The van der Waals surface area contributed by atoms with Gasteiger partial charge in [0.1, 0.15) is 6.17 Å². The normalized spacial score (nSPS) is 22.9. The van der Waals surface area contributed by atoms with Crippen molar-refractivity contribution in [2.45, 2.75) is 31.0 Å². The van der Waals surface area contributed by atoms with Crippen LogP contribution in [0.3, 0.4) is 0 Å². The first kappa shape index (κ1) is 13.3. The Bertz CT molecular complexity index is 478. The van der Waals surface area contributed by atoms with Gasteiger partial charge in [0.2, 0.25) is 0 Å². The van der Waals surface area contributed by atoms with Gasteiger partial charge in [0.05, 0.1) is 12.7 Å². The molecule has 1 fully saturated rings. The number of hydrogen-bond donors (Lipinski definition) is 0. The molecule has 20 heavy (non-hydrogen) atoms. The zero-order valence-corrected chi connectivity index (χ0v) is 11.4. The molecule has 0 spiro atoms. The molecule has 3 rings (SSSR count). The molecule has 2 atom stereocenters. The number of benzene rings is 2. The van der Waals surface area contributed by atoms with Crippen molar-refractivity contribution >= 4 is 0 Å². The maximum atomic E-state index is 13.3. The minimum atomic E-state index is -0.807. The largest absolute Gasteiger partial charge is 0.374 e. The van der Waals surface area contributed by atoms with Gasteiger partial charge in [-0.2, -0.15) is 0 Å². The van der Waals surface area contributed by atoms with Crippen LogP contribution in [0.5, 0.6) is 0 Å². The van der Waals surface area contributed by atoms with Crippen molar-refractivity contribution in [3.05, 3.63) is 71.8 Å². The number of halogens is 1. The predicted molar refractivity (Wildman–Crippen MR) is 78.6 cm³/mol. The zero-order valence-electron chi connectivity index (χ0n) is 11.4. The van der Waals surface area contributed by atoms with E-state index >= 15 is 0 Å². The molecular weight excluding hydrogens is 251 g/mol. The van der Waals surface area contributed by atoms with Crippen LogP contribution in [-0.4, -0.2) is 18.9 Å². The molecule has 2 aromatic carbocycles. The van der Waals surface area contributed by atoms with E-state index in [9.17, 15) is 4.39 Å². The number of alkyl halides is 1. The third-order valence-corrected chi connectivity index (χ3v) is 3.94. The van der Waals surface area contributed by atoms with Crippen molar-refractivity contribution in [3.63, 3.8) is 0 Å². The molecule has 2 aromatic rings. The minimum Gasteiger partial charge on any atom is -0.374 e. The minimum absolute atomic E-state index is 0.0619. The molecule has 0 radical (unpaired) electrons. The molecule has 104 valence electrons. The van der Waals surface area contributed by atoms with E-state index in [-0.39, 0.29) is 18.6 Å². The molecule has 2 heteroatoms. The molecular formula is C18H19FO. The van der Waals surface area contributed by atoms with E-state index in [0.717, 1.165) is 6.42 Å². The van der Waals surface area contributed by atoms with E-state index in [4.69, 9.17) is 4.74 Å². The van der Waals surface area contributed by atoms with E-state index in [0.29, 0.717) is 6.42 Å². The average Bonchev–Trinajstić information content (AvgIpc) is 2.52. The van der Waals surface area contributed by atoms with Gasteiger partial charge >= 0.3 is 0 Å². The van der Waals surface area contributed by atoms with Crippen molar-refractivity contribution in [2.24, 2.45) is 0 Å². The predicted octanol–water partition coefficient (Wildman–Crippen LogP) is 4.34. The monoisotopic (exact) mass is 270 g/mol. The van der Waals surface area contributed by atoms with Crippen molar-refractivity contribution < 1.29 is 9.13 Å². The first-order chi connectivity index (χ1) is 9.84. The number of ether oxygens (including phenoxy) is 1. The van der Waals surface area contributed by atoms with Crippen LogP contribution < -0.4 is 0 Å². The molecule has 2 unspecified atom stereocenters. The van der Waals surface area contributed by atoms with Gasteiger partial charge in [0, 0.05) is 5.92 Å². The third kappa shape index (κ3) is 2.91. The fraction of sp³-hybridized carbons (Fsp3) is 0.333. The Balaban J connectivity index is 1.92. The fourth-order valence-electron chi connectivity index (χ4n) is 2.95. The van der Waals surface area contributed by atoms with Crippen LogP contribution in [0.2, 0.25) is 0 Å². The Morgan fingerprint density at radius 2 is 1.40 bits per heavy atom. The van der Waals surface area contributed by atoms with Gasteiger partial charge in [-0.3, -0.25) is 0 Å². The SMILES string of the molecule is FC1CCC(C(c2ccccc2)c2ccccc2)OC1. The Morgan fingerprint density at radius 1 is 0.850 bits per heavy atom. The highest BCUT2D eigenvalue weighted by atomic mass is 19.1. The lowest BCUT2D eigenvalue weighted by Gasteiger charge is -2.32. The van der Waals surface area contributed by atoms with Gasteiger partial charge in [-0.25, -0.2) is 4.39 Å². The van der Waals surface area contributed by atoms with Gasteiger partial charge in [0.25, 0.3) is 0 Å². The van der Waals surface area contributed by atoms with Gasteiger partial charge in [-0.05, 0) is 24.0 Å². The summed E-state index contributed by atoms with van der Waals surface area (Å²) in [7, 11) is 0. The van der Waals surface area contributed by atoms with Crippen LogP contribution in [0.1, 0.15) is 29.9 Å². The van der Waals surface area contributed by atoms with Gasteiger partial charge in [-0.15, -0.1) is 0 Å².